The number of nitrogen functional groups attached to an aromatic ring is 1. The Morgan fingerprint density at radius 1 is 1.50 bits per heavy atom. The minimum absolute atomic E-state index is 0.124. The van der Waals surface area contributed by atoms with Crippen molar-refractivity contribution >= 4 is 11.5 Å². The summed E-state index contributed by atoms with van der Waals surface area (Å²) >= 11 is 0. The third kappa shape index (κ3) is 1.11. The van der Waals surface area contributed by atoms with Crippen molar-refractivity contribution in [1.29, 1.82) is 5.41 Å². The zero-order valence-electron chi connectivity index (χ0n) is 9.27. The molecule has 1 aliphatic carbocycles. The first kappa shape index (κ1) is 9.45. The summed E-state index contributed by atoms with van der Waals surface area (Å²) < 4.78 is 3.79. The average Bonchev–Trinajstić information content (AvgIpc) is 2.64. The highest BCUT2D eigenvalue weighted by atomic mass is 15.3. The molecule has 16 heavy (non-hydrogen) atoms. The van der Waals surface area contributed by atoms with Gasteiger partial charge < -0.3 is 10.3 Å². The van der Waals surface area contributed by atoms with Crippen LogP contribution in [-0.2, 0) is 7.05 Å². The van der Waals surface area contributed by atoms with Gasteiger partial charge in [0.15, 0.2) is 0 Å². The first-order valence-corrected chi connectivity index (χ1v) is 5.56. The monoisotopic (exact) mass is 217 g/mol. The van der Waals surface area contributed by atoms with Crippen molar-refractivity contribution in [2.24, 2.45) is 12.8 Å². The van der Waals surface area contributed by atoms with Crippen LogP contribution in [0, 0.1) is 5.41 Å². The van der Waals surface area contributed by atoms with Gasteiger partial charge in [0.1, 0.15) is 11.5 Å². The summed E-state index contributed by atoms with van der Waals surface area (Å²) in [4.78, 5) is 0. The van der Waals surface area contributed by atoms with Gasteiger partial charge >= 0.3 is 0 Å². The number of hydrogen-bond donors (Lipinski definition) is 2. The van der Waals surface area contributed by atoms with E-state index >= 15 is 0 Å². The molecule has 5 heteroatoms. The summed E-state index contributed by atoms with van der Waals surface area (Å²) in [7, 11) is 1.95. The molecule has 5 nitrogen and oxygen atoms in total. The minimum Gasteiger partial charge on any atom is -0.384 e. The Hall–Kier alpha value is -1.78. The number of imidazole rings is 1. The van der Waals surface area contributed by atoms with Crippen molar-refractivity contribution < 1.29 is 0 Å². The predicted molar refractivity (Wildman–Crippen MR) is 61.8 cm³/mol. The lowest BCUT2D eigenvalue weighted by atomic mass is 9.81. The lowest BCUT2D eigenvalue weighted by Crippen LogP contribution is -2.18. The van der Waals surface area contributed by atoms with Gasteiger partial charge in [0.25, 0.3) is 0 Å². The molecule has 3 rings (SSSR count). The molecule has 1 aliphatic rings. The first-order chi connectivity index (χ1) is 7.68. The Kier molecular flexibility index (Phi) is 1.83. The maximum Gasteiger partial charge on any atom is 0.146 e. The van der Waals surface area contributed by atoms with Crippen LogP contribution >= 0.6 is 0 Å². The van der Waals surface area contributed by atoms with Crippen LogP contribution < -0.4 is 5.73 Å². The molecule has 0 aliphatic heterocycles. The number of fused-ring (bicyclic) bond motifs is 1. The van der Waals surface area contributed by atoms with E-state index in [1.54, 1.807) is 0 Å². The second-order valence-electron chi connectivity index (χ2n) is 4.48. The van der Waals surface area contributed by atoms with Crippen LogP contribution in [0.5, 0.6) is 0 Å². The zero-order valence-corrected chi connectivity index (χ0v) is 9.27. The number of rotatable bonds is 2. The molecule has 0 spiro atoms. The lowest BCUT2D eigenvalue weighted by Gasteiger charge is -2.24. The fourth-order valence-corrected chi connectivity index (χ4v) is 2.34. The molecule has 2 heterocycles. The van der Waals surface area contributed by atoms with Gasteiger partial charge in [-0.25, -0.2) is 4.52 Å². The number of amidine groups is 1. The highest BCUT2D eigenvalue weighted by molar-refractivity contribution is 6.02. The van der Waals surface area contributed by atoms with Gasteiger partial charge in [0, 0.05) is 25.4 Å². The van der Waals surface area contributed by atoms with E-state index in [1.165, 1.54) is 19.3 Å². The van der Waals surface area contributed by atoms with Gasteiger partial charge in [-0.15, -0.1) is 0 Å². The topological polar surface area (TPSA) is 72.1 Å². The summed E-state index contributed by atoms with van der Waals surface area (Å²) in [5.74, 6) is 0.623. The van der Waals surface area contributed by atoms with E-state index in [9.17, 15) is 0 Å². The molecular weight excluding hydrogens is 202 g/mol. The Bertz CT molecular complexity index is 558. The third-order valence-electron chi connectivity index (χ3n) is 3.44. The van der Waals surface area contributed by atoms with Crippen molar-refractivity contribution in [1.82, 2.24) is 14.2 Å². The van der Waals surface area contributed by atoms with E-state index < -0.39 is 0 Å². The number of hydrogen-bond acceptors (Lipinski definition) is 2. The second kappa shape index (κ2) is 3.10. The molecular formula is C11H15N5. The summed E-state index contributed by atoms with van der Waals surface area (Å²) in [5.41, 5.74) is 8.43. The molecule has 84 valence electrons. The molecule has 2 aromatic heterocycles. The maximum atomic E-state index is 7.71. The van der Waals surface area contributed by atoms with Crippen molar-refractivity contribution in [3.05, 3.63) is 23.7 Å². The molecule has 0 radical (unpaired) electrons. The Morgan fingerprint density at radius 3 is 2.81 bits per heavy atom. The number of nitrogens with zero attached hydrogens (tertiary/aromatic N) is 3. The van der Waals surface area contributed by atoms with Gasteiger partial charge in [-0.3, -0.25) is 5.41 Å². The average molecular weight is 217 g/mol. The number of nitrogens with one attached hydrogen (secondary N) is 1. The van der Waals surface area contributed by atoms with Crippen LogP contribution in [0.25, 0.3) is 5.65 Å². The van der Waals surface area contributed by atoms with E-state index in [2.05, 4.69) is 5.10 Å². The van der Waals surface area contributed by atoms with Gasteiger partial charge in [-0.05, 0) is 12.8 Å². The predicted octanol–water partition coefficient (Wildman–Crippen LogP) is 1.22. The van der Waals surface area contributed by atoms with Crippen LogP contribution in [-0.4, -0.2) is 20.0 Å². The molecule has 1 fully saturated rings. The highest BCUT2D eigenvalue weighted by Crippen LogP contribution is 2.38. The van der Waals surface area contributed by atoms with Crippen molar-refractivity contribution in [2.75, 3.05) is 0 Å². The van der Waals surface area contributed by atoms with Crippen molar-refractivity contribution in [3.63, 3.8) is 0 Å². The SMILES string of the molecule is Cn1ccn2nc(C3CCC3)c(C(=N)N)c12. The molecule has 0 atom stereocenters. The van der Waals surface area contributed by atoms with Gasteiger partial charge in [-0.2, -0.15) is 5.10 Å². The molecule has 3 N–H and O–H groups in total. The molecule has 1 saturated carbocycles. The normalized spacial score (nSPS) is 16.6. The van der Waals surface area contributed by atoms with Gasteiger partial charge in [0.2, 0.25) is 0 Å². The second-order valence-corrected chi connectivity index (χ2v) is 4.48. The Morgan fingerprint density at radius 2 is 2.25 bits per heavy atom. The third-order valence-corrected chi connectivity index (χ3v) is 3.44. The van der Waals surface area contributed by atoms with Crippen LogP contribution in [0.4, 0.5) is 0 Å². The smallest absolute Gasteiger partial charge is 0.146 e. The van der Waals surface area contributed by atoms with Crippen molar-refractivity contribution in [3.8, 4) is 0 Å². The highest BCUT2D eigenvalue weighted by Gasteiger charge is 2.28. The maximum absolute atomic E-state index is 7.71. The standard InChI is InChI=1S/C11H15N5/c1-15-5-6-16-11(15)8(10(12)13)9(14-16)7-3-2-4-7/h5-7H,2-4H2,1H3,(H3,12,13). The number of aromatic nitrogens is 3. The van der Waals surface area contributed by atoms with Crippen LogP contribution in [0.2, 0.25) is 0 Å². The largest absolute Gasteiger partial charge is 0.384 e. The summed E-state index contributed by atoms with van der Waals surface area (Å²) in [6, 6.07) is 0. The van der Waals surface area contributed by atoms with Crippen LogP contribution in [0.15, 0.2) is 12.4 Å². The Balaban J connectivity index is 2.26. The lowest BCUT2D eigenvalue weighted by molar-refractivity contribution is 0.409. The Labute approximate surface area is 93.4 Å². The molecule has 0 aromatic carbocycles. The number of aryl methyl sites for hydroxylation is 1. The van der Waals surface area contributed by atoms with Crippen LogP contribution in [0.3, 0.4) is 0 Å². The van der Waals surface area contributed by atoms with E-state index in [-0.39, 0.29) is 5.84 Å². The molecule has 2 aromatic rings. The van der Waals surface area contributed by atoms with E-state index in [4.69, 9.17) is 11.1 Å². The van der Waals surface area contributed by atoms with E-state index in [1.807, 2.05) is 28.5 Å². The zero-order chi connectivity index (χ0) is 11.3. The molecule has 0 amide bonds. The van der Waals surface area contributed by atoms with Gasteiger partial charge in [0.05, 0.1) is 11.3 Å². The van der Waals surface area contributed by atoms with E-state index in [0.29, 0.717) is 5.92 Å². The van der Waals surface area contributed by atoms with Gasteiger partial charge in [-0.1, -0.05) is 6.42 Å². The summed E-state index contributed by atoms with van der Waals surface area (Å²) in [5, 5.41) is 12.3. The summed E-state index contributed by atoms with van der Waals surface area (Å²) in [6.07, 6.45) is 7.44. The quantitative estimate of drug-likeness (QED) is 0.586. The number of nitrogens with two attached hydrogens (primary N) is 1. The molecule has 0 bridgehead atoms. The van der Waals surface area contributed by atoms with Crippen LogP contribution in [0.1, 0.15) is 36.4 Å². The summed E-state index contributed by atoms with van der Waals surface area (Å²) in [6.45, 7) is 0. The minimum atomic E-state index is 0.124. The van der Waals surface area contributed by atoms with E-state index in [0.717, 1.165) is 16.9 Å². The molecule has 0 unspecified atom stereocenters. The van der Waals surface area contributed by atoms with Crippen molar-refractivity contribution in [2.45, 2.75) is 25.2 Å². The first-order valence-electron chi connectivity index (χ1n) is 5.56. The molecule has 0 saturated heterocycles. The fourth-order valence-electron chi connectivity index (χ4n) is 2.34. The fraction of sp³-hybridized carbons (Fsp3) is 0.455.